The molecule has 0 saturated carbocycles. The van der Waals surface area contributed by atoms with E-state index >= 15 is 0 Å². The van der Waals surface area contributed by atoms with Crippen LogP contribution >= 0.6 is 0 Å². The zero-order valence-corrected chi connectivity index (χ0v) is 6.71. The minimum absolute atomic E-state index is 0.383. The first-order valence-corrected chi connectivity index (χ1v) is 4.12. The van der Waals surface area contributed by atoms with Crippen LogP contribution < -0.4 is 0 Å². The highest BCUT2D eigenvalue weighted by atomic mass is 16.3. The lowest BCUT2D eigenvalue weighted by molar-refractivity contribution is 0.211. The molecule has 60 valence electrons. The second-order valence-electron chi connectivity index (χ2n) is 3.28. The average molecular weight is 143 g/mol. The van der Waals surface area contributed by atoms with Gasteiger partial charge in [0.05, 0.1) is 0 Å². The van der Waals surface area contributed by atoms with Crippen LogP contribution in [0.5, 0.6) is 0 Å². The van der Waals surface area contributed by atoms with Crippen molar-refractivity contribution in [2.75, 3.05) is 26.7 Å². The molecule has 2 heteroatoms. The van der Waals surface area contributed by atoms with Crippen LogP contribution in [0.4, 0.5) is 0 Å². The first-order valence-electron chi connectivity index (χ1n) is 4.12. The molecular formula is C8H17NO. The van der Waals surface area contributed by atoms with Crippen molar-refractivity contribution in [1.82, 2.24) is 4.90 Å². The van der Waals surface area contributed by atoms with Gasteiger partial charge in [0.25, 0.3) is 0 Å². The van der Waals surface area contributed by atoms with E-state index in [4.69, 9.17) is 5.11 Å². The van der Waals surface area contributed by atoms with Gasteiger partial charge in [-0.15, -0.1) is 0 Å². The lowest BCUT2D eigenvalue weighted by Gasteiger charge is -2.12. The van der Waals surface area contributed by atoms with Gasteiger partial charge in [0, 0.05) is 6.61 Å². The van der Waals surface area contributed by atoms with E-state index < -0.39 is 0 Å². The molecule has 1 aliphatic rings. The zero-order chi connectivity index (χ0) is 7.40. The van der Waals surface area contributed by atoms with Crippen LogP contribution in [0.25, 0.3) is 0 Å². The fourth-order valence-corrected chi connectivity index (χ4v) is 1.49. The molecule has 2 nitrogen and oxygen atoms in total. The first-order chi connectivity index (χ1) is 4.83. The number of rotatable bonds is 1. The van der Waals surface area contributed by atoms with Crippen LogP contribution in [-0.4, -0.2) is 36.8 Å². The largest absolute Gasteiger partial charge is 0.396 e. The van der Waals surface area contributed by atoms with Gasteiger partial charge < -0.3 is 10.0 Å². The van der Waals surface area contributed by atoms with Gasteiger partial charge in [0.1, 0.15) is 0 Å². The van der Waals surface area contributed by atoms with Crippen LogP contribution in [0.1, 0.15) is 19.3 Å². The lowest BCUT2D eigenvalue weighted by Crippen LogP contribution is -2.19. The molecule has 0 bridgehead atoms. The highest BCUT2D eigenvalue weighted by Crippen LogP contribution is 2.15. The monoisotopic (exact) mass is 143 g/mol. The van der Waals surface area contributed by atoms with Gasteiger partial charge in [-0.05, 0) is 45.3 Å². The van der Waals surface area contributed by atoms with Gasteiger partial charge in [-0.3, -0.25) is 0 Å². The van der Waals surface area contributed by atoms with Crippen molar-refractivity contribution in [2.24, 2.45) is 5.92 Å². The van der Waals surface area contributed by atoms with E-state index in [0.29, 0.717) is 12.5 Å². The summed E-state index contributed by atoms with van der Waals surface area (Å²) in [6.07, 6.45) is 3.63. The third kappa shape index (κ3) is 2.27. The summed E-state index contributed by atoms with van der Waals surface area (Å²) in [5.74, 6) is 0.574. The summed E-state index contributed by atoms with van der Waals surface area (Å²) >= 11 is 0. The molecule has 10 heavy (non-hydrogen) atoms. The third-order valence-corrected chi connectivity index (χ3v) is 2.33. The first kappa shape index (κ1) is 8.02. The summed E-state index contributed by atoms with van der Waals surface area (Å²) < 4.78 is 0. The highest BCUT2D eigenvalue weighted by Gasteiger charge is 2.12. The molecule has 0 aliphatic carbocycles. The molecular weight excluding hydrogens is 126 g/mol. The molecule has 1 N–H and O–H groups in total. The maximum absolute atomic E-state index is 8.88. The SMILES string of the molecule is CN1CCC[C@H](CO)CC1. The Morgan fingerprint density at radius 2 is 2.20 bits per heavy atom. The minimum Gasteiger partial charge on any atom is -0.396 e. The number of aliphatic hydroxyl groups is 1. The van der Waals surface area contributed by atoms with Crippen molar-refractivity contribution in [3.8, 4) is 0 Å². The summed E-state index contributed by atoms with van der Waals surface area (Å²) in [4.78, 5) is 2.34. The van der Waals surface area contributed by atoms with Crippen LogP contribution in [0.15, 0.2) is 0 Å². The Labute approximate surface area is 62.8 Å². The Morgan fingerprint density at radius 1 is 1.40 bits per heavy atom. The van der Waals surface area contributed by atoms with Crippen LogP contribution in [0.3, 0.4) is 0 Å². The van der Waals surface area contributed by atoms with E-state index in [1.165, 1.54) is 25.8 Å². The molecule has 1 fully saturated rings. The van der Waals surface area contributed by atoms with Crippen LogP contribution in [0, 0.1) is 5.92 Å². The smallest absolute Gasteiger partial charge is 0.0459 e. The molecule has 1 aliphatic heterocycles. The Kier molecular flexibility index (Phi) is 3.16. The standard InChI is InChI=1S/C8H17NO/c1-9-5-2-3-8(7-10)4-6-9/h8,10H,2-7H2,1H3/t8-/m0/s1. The van der Waals surface area contributed by atoms with E-state index in [0.717, 1.165) is 6.54 Å². The Hall–Kier alpha value is -0.0800. The van der Waals surface area contributed by atoms with Crippen molar-refractivity contribution in [2.45, 2.75) is 19.3 Å². The van der Waals surface area contributed by atoms with Gasteiger partial charge >= 0.3 is 0 Å². The fourth-order valence-electron chi connectivity index (χ4n) is 1.49. The second kappa shape index (κ2) is 3.94. The number of aliphatic hydroxyl groups excluding tert-OH is 1. The van der Waals surface area contributed by atoms with E-state index in [1.807, 2.05) is 0 Å². The Balaban J connectivity index is 2.26. The lowest BCUT2D eigenvalue weighted by atomic mass is 10.0. The van der Waals surface area contributed by atoms with Crippen molar-refractivity contribution in [3.05, 3.63) is 0 Å². The van der Waals surface area contributed by atoms with Crippen molar-refractivity contribution in [1.29, 1.82) is 0 Å². The Morgan fingerprint density at radius 3 is 2.90 bits per heavy atom. The number of hydrogen-bond donors (Lipinski definition) is 1. The van der Waals surface area contributed by atoms with E-state index in [1.54, 1.807) is 0 Å². The topological polar surface area (TPSA) is 23.5 Å². The van der Waals surface area contributed by atoms with E-state index in [9.17, 15) is 0 Å². The predicted molar refractivity (Wildman–Crippen MR) is 41.9 cm³/mol. The quantitative estimate of drug-likeness (QED) is 0.584. The van der Waals surface area contributed by atoms with E-state index in [-0.39, 0.29) is 0 Å². The van der Waals surface area contributed by atoms with Crippen molar-refractivity contribution in [3.63, 3.8) is 0 Å². The molecule has 1 rings (SSSR count). The maximum atomic E-state index is 8.88. The molecule has 1 atom stereocenters. The highest BCUT2D eigenvalue weighted by molar-refractivity contribution is 4.66. The van der Waals surface area contributed by atoms with Gasteiger partial charge in [-0.1, -0.05) is 0 Å². The van der Waals surface area contributed by atoms with Gasteiger partial charge in [0.15, 0.2) is 0 Å². The maximum Gasteiger partial charge on any atom is 0.0459 e. The fraction of sp³-hybridized carbons (Fsp3) is 1.00. The number of likely N-dealkylation sites (tertiary alicyclic amines) is 1. The molecule has 0 aromatic rings. The second-order valence-corrected chi connectivity index (χ2v) is 3.28. The zero-order valence-electron chi connectivity index (χ0n) is 6.71. The van der Waals surface area contributed by atoms with Crippen molar-refractivity contribution >= 4 is 0 Å². The average Bonchev–Trinajstić information content (AvgIpc) is 2.14. The molecule has 0 radical (unpaired) electrons. The van der Waals surface area contributed by atoms with Gasteiger partial charge in [-0.2, -0.15) is 0 Å². The summed E-state index contributed by atoms with van der Waals surface area (Å²) in [7, 11) is 2.15. The van der Waals surface area contributed by atoms with Crippen LogP contribution in [0.2, 0.25) is 0 Å². The summed E-state index contributed by atoms with van der Waals surface area (Å²) in [5.41, 5.74) is 0. The van der Waals surface area contributed by atoms with Crippen LogP contribution in [-0.2, 0) is 0 Å². The Bertz CT molecular complexity index is 95.3. The van der Waals surface area contributed by atoms with Gasteiger partial charge in [0.2, 0.25) is 0 Å². The number of hydrogen-bond acceptors (Lipinski definition) is 2. The molecule has 0 aromatic heterocycles. The molecule has 0 aromatic carbocycles. The number of nitrogens with zero attached hydrogens (tertiary/aromatic N) is 1. The molecule has 1 saturated heterocycles. The third-order valence-electron chi connectivity index (χ3n) is 2.33. The minimum atomic E-state index is 0.383. The van der Waals surface area contributed by atoms with E-state index in [2.05, 4.69) is 11.9 Å². The molecule has 0 unspecified atom stereocenters. The molecule has 1 heterocycles. The molecule has 0 amide bonds. The normalized spacial score (nSPS) is 30.0. The summed E-state index contributed by atoms with van der Waals surface area (Å²) in [6.45, 7) is 2.75. The molecule has 0 spiro atoms. The van der Waals surface area contributed by atoms with Gasteiger partial charge in [-0.25, -0.2) is 0 Å². The van der Waals surface area contributed by atoms with Crippen molar-refractivity contribution < 1.29 is 5.11 Å². The summed E-state index contributed by atoms with van der Waals surface area (Å²) in [5, 5.41) is 8.88. The summed E-state index contributed by atoms with van der Waals surface area (Å²) in [6, 6.07) is 0. The predicted octanol–water partition coefficient (Wildman–Crippen LogP) is 0.711.